The quantitative estimate of drug-likeness (QED) is 0.142. The van der Waals surface area contributed by atoms with Gasteiger partial charge in [0.25, 0.3) is 0 Å². The van der Waals surface area contributed by atoms with E-state index in [1.54, 1.807) is 118 Å². The number of hydrogen-bond donors (Lipinski definition) is 0. The Bertz CT molecular complexity index is 3810. The lowest BCUT2D eigenvalue weighted by molar-refractivity contribution is 0.100. The number of hydrogen-bond acceptors (Lipinski definition) is 12. The van der Waals surface area contributed by atoms with E-state index < -0.39 is 0 Å². The zero-order valence-electron chi connectivity index (χ0n) is 36.9. The lowest BCUT2D eigenvalue weighted by Crippen LogP contribution is -1.89. The molecule has 0 radical (unpaired) electrons. The highest BCUT2D eigenvalue weighted by Crippen LogP contribution is 2.60. The summed E-state index contributed by atoms with van der Waals surface area (Å²) in [5.74, 6) is 0.286. The molecule has 360 valence electrons. The summed E-state index contributed by atoms with van der Waals surface area (Å²) in [6, 6.07) is 23.5. The second-order valence-corrected chi connectivity index (χ2v) is 31.0. The van der Waals surface area contributed by atoms with Gasteiger partial charge >= 0.3 is 0 Å². The third kappa shape index (κ3) is 8.99. The Morgan fingerprint density at radius 2 is 0.458 bits per heavy atom. The van der Waals surface area contributed by atoms with E-state index in [9.17, 15) is 19.2 Å². The maximum Gasteiger partial charge on any atom is 0.159 e. The van der Waals surface area contributed by atoms with Crippen LogP contribution in [-0.4, -0.2) is 23.1 Å². The van der Waals surface area contributed by atoms with E-state index >= 15 is 0 Å². The number of ketones is 4. The Labute approximate surface area is 509 Å². The van der Waals surface area contributed by atoms with Crippen LogP contribution in [0.2, 0.25) is 0 Å². The zero-order chi connectivity index (χ0) is 50.9. The van der Waals surface area contributed by atoms with E-state index in [-0.39, 0.29) is 23.1 Å². The van der Waals surface area contributed by atoms with Crippen LogP contribution in [0.4, 0.5) is 0 Å². The molecule has 8 aromatic heterocycles. The molecule has 0 bridgehead atoms. The topological polar surface area (TPSA) is 68.3 Å². The monoisotopic (exact) mass is 1600 g/mol. The fraction of sp³-hybridized carbons (Fsp3) is 0.0769. The first-order valence-electron chi connectivity index (χ1n) is 21.0. The van der Waals surface area contributed by atoms with Crippen LogP contribution in [0, 0.1) is 0 Å². The number of benzene rings is 4. The standard InChI is InChI=1S/2C26H12Br4O2S4/c2*1-9(31)11-3-5-13-15(7-11)33-21(17(13)27)23-19(29)25-26(35-23)20(30)24(36-25)22-18(28)14-6-4-12(10(2)32)8-16(14)34-22/h2*3-8H,1-2H3. The number of fused-ring (bicyclic) bond motifs is 6. The van der Waals surface area contributed by atoms with E-state index in [0.717, 1.165) is 118 Å². The van der Waals surface area contributed by atoms with E-state index in [1.807, 2.05) is 72.8 Å². The molecule has 4 aromatic carbocycles. The molecule has 0 saturated heterocycles. The highest BCUT2D eigenvalue weighted by molar-refractivity contribution is 9.12. The van der Waals surface area contributed by atoms with Gasteiger partial charge in [-0.25, -0.2) is 0 Å². The van der Waals surface area contributed by atoms with E-state index in [1.165, 1.54) is 38.3 Å². The first kappa shape index (κ1) is 52.6. The predicted molar refractivity (Wildman–Crippen MR) is 344 cm³/mol. The average molecular weight is 1610 g/mol. The van der Waals surface area contributed by atoms with Gasteiger partial charge in [-0.3, -0.25) is 19.2 Å². The molecule has 0 spiro atoms. The fourth-order valence-electron chi connectivity index (χ4n) is 8.07. The van der Waals surface area contributed by atoms with Gasteiger partial charge < -0.3 is 0 Å². The predicted octanol–water partition coefficient (Wildman–Crippen LogP) is 24.4. The third-order valence-corrected chi connectivity index (χ3v) is 31.8. The summed E-state index contributed by atoms with van der Waals surface area (Å²) in [5, 5.41) is 4.45. The van der Waals surface area contributed by atoms with Crippen molar-refractivity contribution < 1.29 is 19.2 Å². The highest BCUT2D eigenvalue weighted by atomic mass is 79.9. The number of halogens is 8. The molecule has 0 aliphatic rings. The number of carbonyl (C=O) groups excluding carboxylic acids is 4. The van der Waals surface area contributed by atoms with E-state index in [0.29, 0.717) is 0 Å². The molecule has 8 heterocycles. The van der Waals surface area contributed by atoms with Crippen molar-refractivity contribution in [3.8, 4) is 39.0 Å². The van der Waals surface area contributed by atoms with Crippen molar-refractivity contribution in [1.82, 2.24) is 0 Å². The van der Waals surface area contributed by atoms with Crippen LogP contribution in [0.15, 0.2) is 109 Å². The third-order valence-electron chi connectivity index (χ3n) is 11.8. The Kier molecular flexibility index (Phi) is 14.9. The van der Waals surface area contributed by atoms with Crippen LogP contribution in [0.1, 0.15) is 69.1 Å². The lowest BCUT2D eigenvalue weighted by atomic mass is 10.1. The number of thiophene rings is 8. The number of rotatable bonds is 8. The van der Waals surface area contributed by atoms with Crippen molar-refractivity contribution in [2.45, 2.75) is 27.7 Å². The van der Waals surface area contributed by atoms with Crippen LogP contribution < -0.4 is 0 Å². The minimum atomic E-state index is 0.0715. The van der Waals surface area contributed by atoms with Gasteiger partial charge in [-0.15, -0.1) is 90.7 Å². The molecule has 0 atom stereocenters. The van der Waals surface area contributed by atoms with Crippen LogP contribution in [0.3, 0.4) is 0 Å². The molecule has 0 aliphatic heterocycles. The molecule has 0 amide bonds. The van der Waals surface area contributed by atoms with E-state index in [4.69, 9.17) is 0 Å². The van der Waals surface area contributed by atoms with Gasteiger partial charge in [0.1, 0.15) is 0 Å². The number of Topliss-reactive ketones (excluding diaryl/α,β-unsaturated/α-hetero) is 4. The van der Waals surface area contributed by atoms with Gasteiger partial charge in [0.2, 0.25) is 0 Å². The molecular weight excluding hydrogens is 1580 g/mol. The summed E-state index contributed by atoms with van der Waals surface area (Å²) in [4.78, 5) is 56.8. The van der Waals surface area contributed by atoms with Crippen LogP contribution in [0.5, 0.6) is 0 Å². The SMILES string of the molecule is CC(=O)c1ccc2c(Br)c(-c3sc4c(Br)c(-c5sc6cc(C(C)=O)ccc6c5Br)sc4c3Br)sc2c1.CC(=O)c1ccc2c(Br)c(-c3sc4c(Br)c(-c5sc6cc(C(C)=O)ccc6c5Br)sc4c3Br)sc2c1. The van der Waals surface area contributed by atoms with Crippen molar-refractivity contribution in [3.05, 3.63) is 131 Å². The minimum Gasteiger partial charge on any atom is -0.295 e. The largest absolute Gasteiger partial charge is 0.295 e. The van der Waals surface area contributed by atoms with Crippen LogP contribution in [0.25, 0.3) is 98.2 Å². The van der Waals surface area contributed by atoms with Crippen LogP contribution in [-0.2, 0) is 0 Å². The Morgan fingerprint density at radius 1 is 0.278 bits per heavy atom. The van der Waals surface area contributed by atoms with Gasteiger partial charge in [0.05, 0.1) is 75.7 Å². The molecule has 20 heteroatoms. The molecule has 12 rings (SSSR count). The van der Waals surface area contributed by atoms with Gasteiger partial charge in [-0.1, -0.05) is 48.5 Å². The van der Waals surface area contributed by atoms with Crippen LogP contribution >= 0.6 is 218 Å². The molecule has 12 aromatic rings. The summed E-state index contributed by atoms with van der Waals surface area (Å²) in [7, 11) is 0. The second-order valence-electron chi connectivity index (χ2n) is 16.3. The highest BCUT2D eigenvalue weighted by Gasteiger charge is 2.28. The van der Waals surface area contributed by atoms with E-state index in [2.05, 4.69) is 127 Å². The Hall–Kier alpha value is -1.44. The summed E-state index contributed by atoms with van der Waals surface area (Å²) in [6.45, 7) is 6.39. The fourth-order valence-corrected chi connectivity index (χ4v) is 26.8. The molecule has 4 nitrogen and oxygen atoms in total. The average Bonchev–Trinajstić information content (AvgIpc) is 4.25. The maximum absolute atomic E-state index is 11.9. The summed E-state index contributed by atoms with van der Waals surface area (Å²) in [6.07, 6.45) is 0. The maximum atomic E-state index is 11.9. The van der Waals surface area contributed by atoms with Gasteiger partial charge in [0, 0.05) is 80.5 Å². The molecule has 0 saturated carbocycles. The molecule has 0 unspecified atom stereocenters. The van der Waals surface area contributed by atoms with Crippen molar-refractivity contribution in [2.75, 3.05) is 0 Å². The first-order valence-corrected chi connectivity index (χ1v) is 33.9. The van der Waals surface area contributed by atoms with Gasteiger partial charge in [-0.05, 0) is 179 Å². The Morgan fingerprint density at radius 3 is 0.639 bits per heavy atom. The first-order chi connectivity index (χ1) is 34.3. The summed E-state index contributed by atoms with van der Waals surface area (Å²) >= 11 is 44.7. The smallest absolute Gasteiger partial charge is 0.159 e. The second kappa shape index (κ2) is 20.4. The van der Waals surface area contributed by atoms with Crippen molar-refractivity contribution in [1.29, 1.82) is 0 Å². The normalized spacial score (nSPS) is 11.8. The zero-order valence-corrected chi connectivity index (χ0v) is 56.1. The summed E-state index contributed by atoms with van der Waals surface area (Å²) < 4.78 is 17.7. The lowest BCUT2D eigenvalue weighted by Gasteiger charge is -1.98. The minimum absolute atomic E-state index is 0.0715. The Balaban J connectivity index is 0.000000156. The van der Waals surface area contributed by atoms with Crippen molar-refractivity contribution >= 4 is 300 Å². The van der Waals surface area contributed by atoms with Crippen molar-refractivity contribution in [2.24, 2.45) is 0 Å². The molecular formula is C52H24Br8O4S8. The number of carbonyl (C=O) groups is 4. The molecule has 0 N–H and O–H groups in total. The van der Waals surface area contributed by atoms with Gasteiger partial charge in [-0.2, -0.15) is 0 Å². The molecule has 0 fully saturated rings. The molecule has 72 heavy (non-hydrogen) atoms. The summed E-state index contributed by atoms with van der Waals surface area (Å²) in [5.41, 5.74) is 2.91. The molecule has 0 aliphatic carbocycles. The van der Waals surface area contributed by atoms with Gasteiger partial charge in [0.15, 0.2) is 23.1 Å². The van der Waals surface area contributed by atoms with Crippen molar-refractivity contribution in [3.63, 3.8) is 0 Å².